The van der Waals surface area contributed by atoms with E-state index in [4.69, 9.17) is 14.5 Å². The summed E-state index contributed by atoms with van der Waals surface area (Å²) in [5.41, 5.74) is 1.77. The van der Waals surface area contributed by atoms with Gasteiger partial charge >= 0.3 is 7.82 Å². The Kier molecular flexibility index (Phi) is 2.93. The lowest BCUT2D eigenvalue weighted by atomic mass is 10.0. The van der Waals surface area contributed by atoms with Crippen LogP contribution in [0, 0.1) is 6.92 Å². The zero-order valence-electron chi connectivity index (χ0n) is 8.84. The van der Waals surface area contributed by atoms with Crippen LogP contribution in [0.3, 0.4) is 0 Å². The summed E-state index contributed by atoms with van der Waals surface area (Å²) < 4.78 is 20.8. The van der Waals surface area contributed by atoms with Gasteiger partial charge in [0.25, 0.3) is 0 Å². The number of phosphoric ester groups is 1. The molecule has 16 heavy (non-hydrogen) atoms. The van der Waals surface area contributed by atoms with Gasteiger partial charge in [-0.05, 0) is 43.0 Å². The van der Waals surface area contributed by atoms with Crippen LogP contribution in [0.15, 0.2) is 12.1 Å². The number of ether oxygens (including phenoxy) is 1. The molecule has 1 aromatic rings. The number of hydrogen-bond acceptors (Lipinski definition) is 3. The Balaban J connectivity index is 2.35. The fourth-order valence-electron chi connectivity index (χ4n) is 1.83. The minimum absolute atomic E-state index is 0.190. The Morgan fingerprint density at radius 3 is 2.88 bits per heavy atom. The van der Waals surface area contributed by atoms with Gasteiger partial charge in [-0.2, -0.15) is 0 Å². The first kappa shape index (κ1) is 11.5. The molecule has 0 saturated carbocycles. The molecule has 2 rings (SSSR count). The Bertz CT molecular complexity index is 451. The van der Waals surface area contributed by atoms with Crippen molar-refractivity contribution in [3.8, 4) is 11.5 Å². The predicted octanol–water partition coefficient (Wildman–Crippen LogP) is 1.79. The molecule has 5 nitrogen and oxygen atoms in total. The smallest absolute Gasteiger partial charge is 0.493 e. The van der Waals surface area contributed by atoms with E-state index in [0.717, 1.165) is 29.7 Å². The molecular formula is C10H13O5P. The normalized spacial score (nSPS) is 15.2. The fourth-order valence-corrected chi connectivity index (χ4v) is 2.21. The Morgan fingerprint density at radius 2 is 2.19 bits per heavy atom. The molecule has 6 heteroatoms. The summed E-state index contributed by atoms with van der Waals surface area (Å²) in [7, 11) is -4.48. The third-order valence-corrected chi connectivity index (χ3v) is 2.83. The van der Waals surface area contributed by atoms with Gasteiger partial charge in [0.15, 0.2) is 0 Å². The lowest BCUT2D eigenvalue weighted by molar-refractivity contribution is 0.277. The largest absolute Gasteiger partial charge is 0.524 e. The first-order chi connectivity index (χ1) is 7.46. The van der Waals surface area contributed by atoms with E-state index in [1.54, 1.807) is 12.1 Å². The highest BCUT2D eigenvalue weighted by Gasteiger charge is 2.19. The van der Waals surface area contributed by atoms with E-state index in [-0.39, 0.29) is 5.75 Å². The third-order valence-electron chi connectivity index (χ3n) is 2.39. The van der Waals surface area contributed by atoms with E-state index < -0.39 is 7.82 Å². The molecule has 0 aromatic heterocycles. The van der Waals surface area contributed by atoms with Crippen LogP contribution in [0.1, 0.15) is 17.5 Å². The van der Waals surface area contributed by atoms with Crippen LogP contribution >= 0.6 is 7.82 Å². The summed E-state index contributed by atoms with van der Waals surface area (Å²) >= 11 is 0. The molecule has 0 saturated heterocycles. The van der Waals surface area contributed by atoms with Gasteiger partial charge in [0.2, 0.25) is 0 Å². The van der Waals surface area contributed by atoms with E-state index in [1.807, 2.05) is 6.92 Å². The van der Waals surface area contributed by atoms with Gasteiger partial charge in [0, 0.05) is 0 Å². The zero-order chi connectivity index (χ0) is 11.8. The second-order valence-electron chi connectivity index (χ2n) is 3.76. The van der Waals surface area contributed by atoms with Crippen molar-refractivity contribution in [2.24, 2.45) is 0 Å². The number of benzene rings is 1. The van der Waals surface area contributed by atoms with Gasteiger partial charge in [-0.3, -0.25) is 9.79 Å². The van der Waals surface area contributed by atoms with Crippen LogP contribution in [0.4, 0.5) is 0 Å². The molecule has 0 radical (unpaired) electrons. The van der Waals surface area contributed by atoms with Gasteiger partial charge < -0.3 is 9.26 Å². The Labute approximate surface area is 93.3 Å². The lowest BCUT2D eigenvalue weighted by Crippen LogP contribution is -2.09. The van der Waals surface area contributed by atoms with E-state index in [0.29, 0.717) is 6.61 Å². The maximum absolute atomic E-state index is 10.7. The van der Waals surface area contributed by atoms with Crippen molar-refractivity contribution in [1.29, 1.82) is 0 Å². The molecule has 0 bridgehead atoms. The van der Waals surface area contributed by atoms with Gasteiger partial charge in [-0.25, -0.2) is 4.57 Å². The SMILES string of the molecule is Cc1cc(OP(=O)(O)O)cc2c1OCCC2. The summed E-state index contributed by atoms with van der Waals surface area (Å²) in [6.07, 6.45) is 1.75. The molecule has 2 N–H and O–H groups in total. The number of rotatable bonds is 2. The molecule has 0 amide bonds. The van der Waals surface area contributed by atoms with Crippen molar-refractivity contribution in [3.05, 3.63) is 23.3 Å². The van der Waals surface area contributed by atoms with Gasteiger partial charge in [0.05, 0.1) is 6.61 Å². The Morgan fingerprint density at radius 1 is 1.44 bits per heavy atom. The first-order valence-electron chi connectivity index (χ1n) is 4.97. The van der Waals surface area contributed by atoms with Gasteiger partial charge in [0.1, 0.15) is 11.5 Å². The topological polar surface area (TPSA) is 76.0 Å². The monoisotopic (exact) mass is 244 g/mol. The second-order valence-corrected chi connectivity index (χ2v) is 4.93. The van der Waals surface area contributed by atoms with Gasteiger partial charge in [-0.15, -0.1) is 0 Å². The van der Waals surface area contributed by atoms with Crippen LogP contribution < -0.4 is 9.26 Å². The van der Waals surface area contributed by atoms with E-state index in [2.05, 4.69) is 4.52 Å². The maximum atomic E-state index is 10.7. The second kappa shape index (κ2) is 4.09. The first-order valence-corrected chi connectivity index (χ1v) is 6.50. The molecule has 88 valence electrons. The molecule has 1 aromatic carbocycles. The molecule has 1 heterocycles. The maximum Gasteiger partial charge on any atom is 0.524 e. The molecule has 0 spiro atoms. The molecule has 0 unspecified atom stereocenters. The van der Waals surface area contributed by atoms with Crippen molar-refractivity contribution in [1.82, 2.24) is 0 Å². The zero-order valence-corrected chi connectivity index (χ0v) is 9.74. The third kappa shape index (κ3) is 2.55. The Hall–Kier alpha value is -1.03. The van der Waals surface area contributed by atoms with E-state index in [1.165, 1.54) is 0 Å². The number of hydrogen-bond donors (Lipinski definition) is 2. The summed E-state index contributed by atoms with van der Waals surface area (Å²) in [5.74, 6) is 0.999. The lowest BCUT2D eigenvalue weighted by Gasteiger charge is -2.20. The minimum atomic E-state index is -4.48. The summed E-state index contributed by atoms with van der Waals surface area (Å²) in [5, 5.41) is 0. The molecule has 0 fully saturated rings. The van der Waals surface area contributed by atoms with Crippen LogP contribution in [0.2, 0.25) is 0 Å². The fraction of sp³-hybridized carbons (Fsp3) is 0.400. The number of fused-ring (bicyclic) bond motifs is 1. The summed E-state index contributed by atoms with van der Waals surface area (Å²) in [6, 6.07) is 3.20. The molecular weight excluding hydrogens is 231 g/mol. The number of phosphoric acid groups is 1. The number of aryl methyl sites for hydroxylation is 2. The minimum Gasteiger partial charge on any atom is -0.493 e. The highest BCUT2D eigenvalue weighted by Crippen LogP contribution is 2.40. The summed E-state index contributed by atoms with van der Waals surface area (Å²) in [6.45, 7) is 2.52. The van der Waals surface area contributed by atoms with Crippen molar-refractivity contribution in [2.45, 2.75) is 19.8 Å². The molecule has 1 aliphatic heterocycles. The predicted molar refractivity (Wildman–Crippen MR) is 57.7 cm³/mol. The highest BCUT2D eigenvalue weighted by molar-refractivity contribution is 7.46. The average Bonchev–Trinajstić information content (AvgIpc) is 2.15. The standard InChI is InChI=1S/C10H13O5P/c1-7-5-9(15-16(11,12)13)6-8-3-2-4-14-10(7)8/h5-6H,2-4H2,1H3,(H2,11,12,13). The van der Waals surface area contributed by atoms with Gasteiger partial charge in [-0.1, -0.05) is 0 Å². The molecule has 0 atom stereocenters. The molecule has 0 aliphatic carbocycles. The van der Waals surface area contributed by atoms with E-state index in [9.17, 15) is 4.57 Å². The van der Waals surface area contributed by atoms with Crippen molar-refractivity contribution in [3.63, 3.8) is 0 Å². The van der Waals surface area contributed by atoms with Crippen molar-refractivity contribution in [2.75, 3.05) is 6.61 Å². The molecule has 1 aliphatic rings. The highest BCUT2D eigenvalue weighted by atomic mass is 31.2. The van der Waals surface area contributed by atoms with Crippen molar-refractivity contribution < 1.29 is 23.6 Å². The van der Waals surface area contributed by atoms with Crippen LogP contribution in [-0.2, 0) is 11.0 Å². The van der Waals surface area contributed by atoms with Crippen molar-refractivity contribution >= 4 is 7.82 Å². The summed E-state index contributed by atoms with van der Waals surface area (Å²) in [4.78, 5) is 17.4. The van der Waals surface area contributed by atoms with Crippen LogP contribution in [0.5, 0.6) is 11.5 Å². The average molecular weight is 244 g/mol. The van der Waals surface area contributed by atoms with Crippen LogP contribution in [-0.4, -0.2) is 16.4 Å². The van der Waals surface area contributed by atoms with E-state index >= 15 is 0 Å². The van der Waals surface area contributed by atoms with Crippen LogP contribution in [0.25, 0.3) is 0 Å². The quantitative estimate of drug-likeness (QED) is 0.775.